The van der Waals surface area contributed by atoms with Crippen LogP contribution in [-0.4, -0.2) is 18.6 Å². The Labute approximate surface area is 159 Å². The lowest BCUT2D eigenvalue weighted by molar-refractivity contribution is -0.137. The minimum Gasteiger partial charge on any atom is -0.497 e. The van der Waals surface area contributed by atoms with E-state index in [0.29, 0.717) is 43.0 Å². The number of hydrogen-bond acceptors (Lipinski definition) is 4. The predicted molar refractivity (Wildman–Crippen MR) is 98.3 cm³/mol. The minimum atomic E-state index is -4.34. The minimum absolute atomic E-state index is 0.382. The van der Waals surface area contributed by atoms with E-state index in [4.69, 9.17) is 9.15 Å². The number of benzene rings is 2. The molecule has 0 N–H and O–H groups in total. The van der Waals surface area contributed by atoms with Gasteiger partial charge in [-0.15, -0.1) is 0 Å². The molecule has 3 aromatic rings. The first kappa shape index (κ1) is 18.6. The van der Waals surface area contributed by atoms with E-state index in [0.717, 1.165) is 28.6 Å². The number of alkyl halides is 3. The number of ether oxygens (including phenoxy) is 1. The molecule has 28 heavy (non-hydrogen) atoms. The molecule has 146 valence electrons. The van der Waals surface area contributed by atoms with Crippen LogP contribution < -0.4 is 10.4 Å². The molecule has 0 atom stereocenters. The molecule has 0 fully saturated rings. The fourth-order valence-corrected chi connectivity index (χ4v) is 3.62. The summed E-state index contributed by atoms with van der Waals surface area (Å²) < 4.78 is 48.7. The molecule has 0 amide bonds. The van der Waals surface area contributed by atoms with Crippen molar-refractivity contribution in [2.75, 3.05) is 13.7 Å². The van der Waals surface area contributed by atoms with Gasteiger partial charge in [-0.3, -0.25) is 4.90 Å². The van der Waals surface area contributed by atoms with Crippen molar-refractivity contribution in [3.05, 3.63) is 75.1 Å². The van der Waals surface area contributed by atoms with Gasteiger partial charge in [0.15, 0.2) is 0 Å². The highest BCUT2D eigenvalue weighted by Gasteiger charge is 2.30. The van der Waals surface area contributed by atoms with Gasteiger partial charge in [0.2, 0.25) is 0 Å². The summed E-state index contributed by atoms with van der Waals surface area (Å²) in [5.74, 6) is 0.621. The van der Waals surface area contributed by atoms with Gasteiger partial charge in [0.05, 0.1) is 18.2 Å². The van der Waals surface area contributed by atoms with Gasteiger partial charge in [0.25, 0.3) is 0 Å². The zero-order valence-electron chi connectivity index (χ0n) is 15.2. The summed E-state index contributed by atoms with van der Waals surface area (Å²) in [5.41, 5.74) is 1.80. The van der Waals surface area contributed by atoms with Crippen LogP contribution in [0.2, 0.25) is 0 Å². The molecule has 1 aliphatic rings. The Kier molecular flexibility index (Phi) is 4.63. The molecule has 7 heteroatoms. The molecule has 0 aliphatic carbocycles. The Hall–Kier alpha value is -2.80. The van der Waals surface area contributed by atoms with Gasteiger partial charge in [-0.2, -0.15) is 13.2 Å². The molecule has 2 aromatic carbocycles. The van der Waals surface area contributed by atoms with E-state index in [1.54, 1.807) is 13.2 Å². The maximum absolute atomic E-state index is 12.7. The standard InChI is InChI=1S/C21H18F3NO3/c1-27-15-6-7-17-16-8-9-25(12-18(16)20(26)28-19(17)10-15)11-13-2-4-14(5-3-13)21(22,23)24/h2-7,10H,8-9,11-12H2,1H3/i1-1. The zero-order chi connectivity index (χ0) is 19.9. The van der Waals surface area contributed by atoms with Crippen molar-refractivity contribution in [2.45, 2.75) is 25.7 Å². The molecule has 1 aromatic heterocycles. The van der Waals surface area contributed by atoms with Gasteiger partial charge in [-0.1, -0.05) is 12.1 Å². The Balaban J connectivity index is 1.58. The third-order valence-corrected chi connectivity index (χ3v) is 5.07. The Bertz CT molecular complexity index is 1070. The van der Waals surface area contributed by atoms with Crippen molar-refractivity contribution < 1.29 is 22.3 Å². The van der Waals surface area contributed by atoms with Crippen LogP contribution in [0.4, 0.5) is 13.2 Å². The van der Waals surface area contributed by atoms with Crippen molar-refractivity contribution in [2.24, 2.45) is 0 Å². The van der Waals surface area contributed by atoms with Crippen LogP contribution in [0.25, 0.3) is 11.0 Å². The fraction of sp³-hybridized carbons (Fsp3) is 0.286. The highest BCUT2D eigenvalue weighted by atomic mass is 19.4. The van der Waals surface area contributed by atoms with Crippen LogP contribution in [0.3, 0.4) is 0 Å². The smallest absolute Gasteiger partial charge is 0.416 e. The molecule has 0 unspecified atom stereocenters. The highest BCUT2D eigenvalue weighted by Crippen LogP contribution is 2.30. The van der Waals surface area contributed by atoms with Crippen molar-refractivity contribution in [1.29, 1.82) is 0 Å². The van der Waals surface area contributed by atoms with E-state index < -0.39 is 11.7 Å². The van der Waals surface area contributed by atoms with Crippen LogP contribution >= 0.6 is 0 Å². The average molecular weight is 388 g/mol. The lowest BCUT2D eigenvalue weighted by atomic mass is 9.97. The van der Waals surface area contributed by atoms with E-state index in [-0.39, 0.29) is 5.63 Å². The van der Waals surface area contributed by atoms with Gasteiger partial charge < -0.3 is 9.15 Å². The van der Waals surface area contributed by atoms with E-state index in [2.05, 4.69) is 0 Å². The summed E-state index contributed by atoms with van der Waals surface area (Å²) in [6, 6.07) is 10.6. The maximum Gasteiger partial charge on any atom is 0.416 e. The van der Waals surface area contributed by atoms with Crippen molar-refractivity contribution in [3.8, 4) is 5.75 Å². The Morgan fingerprint density at radius 2 is 1.86 bits per heavy atom. The SMILES string of the molecule is [11CH3]Oc1ccc2c3c(c(=O)oc2c1)CN(Cc1ccc(C(F)(F)F)cc1)CC3. The fourth-order valence-electron chi connectivity index (χ4n) is 3.62. The lowest BCUT2D eigenvalue weighted by Crippen LogP contribution is -2.33. The van der Waals surface area contributed by atoms with Crippen LogP contribution in [0.1, 0.15) is 22.3 Å². The second kappa shape index (κ2) is 6.98. The molecule has 0 spiro atoms. The summed E-state index contributed by atoms with van der Waals surface area (Å²) in [5, 5.41) is 0.893. The summed E-state index contributed by atoms with van der Waals surface area (Å²) in [7, 11) is 1.55. The van der Waals surface area contributed by atoms with Crippen molar-refractivity contribution >= 4 is 11.0 Å². The summed E-state index contributed by atoms with van der Waals surface area (Å²) in [6.07, 6.45) is -3.67. The van der Waals surface area contributed by atoms with Gasteiger partial charge in [-0.25, -0.2) is 4.79 Å². The third-order valence-electron chi connectivity index (χ3n) is 5.07. The molecule has 2 heterocycles. The molecule has 4 rings (SSSR count). The molecular weight excluding hydrogens is 370 g/mol. The Morgan fingerprint density at radius 3 is 2.54 bits per heavy atom. The number of halogens is 3. The molecule has 0 radical (unpaired) electrons. The van der Waals surface area contributed by atoms with Gasteiger partial charge in [0, 0.05) is 31.1 Å². The lowest BCUT2D eigenvalue weighted by Gasteiger charge is -2.28. The molecule has 4 nitrogen and oxygen atoms in total. The average Bonchev–Trinajstić information content (AvgIpc) is 2.67. The van der Waals surface area contributed by atoms with Crippen LogP contribution in [0, 0.1) is 0 Å². The first-order valence-electron chi connectivity index (χ1n) is 8.86. The summed E-state index contributed by atoms with van der Waals surface area (Å²) >= 11 is 0. The normalized spacial score (nSPS) is 14.9. The maximum atomic E-state index is 12.7. The van der Waals surface area contributed by atoms with Gasteiger partial charge >= 0.3 is 11.8 Å². The number of fused-ring (bicyclic) bond motifs is 3. The first-order valence-corrected chi connectivity index (χ1v) is 8.86. The molecule has 1 aliphatic heterocycles. The quantitative estimate of drug-likeness (QED) is 0.625. The third kappa shape index (κ3) is 3.49. The number of nitrogens with zero attached hydrogens (tertiary/aromatic N) is 1. The van der Waals surface area contributed by atoms with Crippen molar-refractivity contribution in [3.63, 3.8) is 0 Å². The predicted octanol–water partition coefficient (Wildman–Crippen LogP) is 4.38. The molecule has 0 bridgehead atoms. The zero-order valence-corrected chi connectivity index (χ0v) is 15.2. The Morgan fingerprint density at radius 1 is 1.11 bits per heavy atom. The van der Waals surface area contributed by atoms with Crippen LogP contribution in [0.5, 0.6) is 5.75 Å². The summed E-state index contributed by atoms with van der Waals surface area (Å²) in [4.78, 5) is 14.5. The van der Waals surface area contributed by atoms with Crippen LogP contribution in [-0.2, 0) is 25.7 Å². The topological polar surface area (TPSA) is 42.7 Å². The molecular formula is C21H18F3NO3. The number of hydrogen-bond donors (Lipinski definition) is 0. The summed E-state index contributed by atoms with van der Waals surface area (Å²) in [6.45, 7) is 1.58. The second-order valence-electron chi connectivity index (χ2n) is 6.86. The molecule has 0 saturated heterocycles. The van der Waals surface area contributed by atoms with E-state index in [9.17, 15) is 18.0 Å². The van der Waals surface area contributed by atoms with Gasteiger partial charge in [0.1, 0.15) is 11.3 Å². The van der Waals surface area contributed by atoms with Crippen molar-refractivity contribution in [1.82, 2.24) is 4.90 Å². The first-order chi connectivity index (χ1) is 13.3. The number of rotatable bonds is 3. The monoisotopic (exact) mass is 388 g/mol. The number of methoxy groups -OCH3 is 1. The largest absolute Gasteiger partial charge is 0.497 e. The highest BCUT2D eigenvalue weighted by molar-refractivity contribution is 5.82. The molecule has 0 saturated carbocycles. The van der Waals surface area contributed by atoms with Crippen LogP contribution in [0.15, 0.2) is 51.7 Å². The van der Waals surface area contributed by atoms with E-state index >= 15 is 0 Å². The van der Waals surface area contributed by atoms with E-state index in [1.165, 1.54) is 12.1 Å². The van der Waals surface area contributed by atoms with E-state index in [1.807, 2.05) is 17.0 Å². The van der Waals surface area contributed by atoms with Gasteiger partial charge in [-0.05, 0) is 41.8 Å². The second-order valence-corrected chi connectivity index (χ2v) is 6.86.